The number of ether oxygens (including phenoxy) is 2. The highest BCUT2D eigenvalue weighted by Gasteiger charge is 2.21. The van der Waals surface area contributed by atoms with Crippen molar-refractivity contribution in [2.45, 2.75) is 39.5 Å². The summed E-state index contributed by atoms with van der Waals surface area (Å²) in [4.78, 5) is 0. The Bertz CT molecular complexity index is 592. The summed E-state index contributed by atoms with van der Waals surface area (Å²) in [7, 11) is 0. The summed E-state index contributed by atoms with van der Waals surface area (Å²) in [5.74, 6) is 1.94. The summed E-state index contributed by atoms with van der Waals surface area (Å²) < 4.78 is 16.7. The van der Waals surface area contributed by atoms with Crippen molar-refractivity contribution in [3.8, 4) is 11.5 Å². The third-order valence-corrected chi connectivity index (χ3v) is 3.60. The van der Waals surface area contributed by atoms with E-state index in [4.69, 9.17) is 13.9 Å². The van der Waals surface area contributed by atoms with Gasteiger partial charge >= 0.3 is 0 Å². The number of hydrogen-bond donors (Lipinski definition) is 1. The van der Waals surface area contributed by atoms with Gasteiger partial charge in [-0.3, -0.25) is 0 Å². The van der Waals surface area contributed by atoms with E-state index < -0.39 is 0 Å². The molecule has 4 heteroatoms. The van der Waals surface area contributed by atoms with Gasteiger partial charge in [0.1, 0.15) is 17.6 Å². The van der Waals surface area contributed by atoms with E-state index in [0.29, 0.717) is 6.61 Å². The molecule has 0 spiro atoms. The summed E-state index contributed by atoms with van der Waals surface area (Å²) in [5.41, 5.74) is 3.51. The third-order valence-electron chi connectivity index (χ3n) is 3.60. The molecule has 0 aliphatic carbocycles. The van der Waals surface area contributed by atoms with Crippen LogP contribution in [0.2, 0.25) is 0 Å². The van der Waals surface area contributed by atoms with Crippen molar-refractivity contribution >= 4 is 0 Å². The molecule has 4 nitrogen and oxygen atoms in total. The molecule has 2 aromatic rings. The number of furan rings is 1. The number of benzene rings is 1. The standard InChI is InChI=1S/C17H21NO3/c1-3-20-16-7-14-6-12(2)21-17(14)8-15(16)10-18-9-13-4-5-19-11-13/h4-5,7-8,11-12,18H,3,6,9-10H2,1-2H3. The third kappa shape index (κ3) is 3.22. The normalized spacial score (nSPS) is 16.6. The van der Waals surface area contributed by atoms with Crippen molar-refractivity contribution < 1.29 is 13.9 Å². The maximum absolute atomic E-state index is 5.83. The van der Waals surface area contributed by atoms with Crippen molar-refractivity contribution in [2.75, 3.05) is 6.61 Å². The molecule has 1 aliphatic heterocycles. The first kappa shape index (κ1) is 14.0. The van der Waals surface area contributed by atoms with Crippen LogP contribution in [0.3, 0.4) is 0 Å². The number of nitrogens with one attached hydrogen (secondary N) is 1. The average Bonchev–Trinajstić information content (AvgIpc) is 3.07. The van der Waals surface area contributed by atoms with Crippen molar-refractivity contribution in [2.24, 2.45) is 0 Å². The summed E-state index contributed by atoms with van der Waals surface area (Å²) >= 11 is 0. The molecule has 1 unspecified atom stereocenters. The molecule has 0 amide bonds. The molecular weight excluding hydrogens is 266 g/mol. The van der Waals surface area contributed by atoms with Crippen molar-refractivity contribution in [3.05, 3.63) is 47.4 Å². The van der Waals surface area contributed by atoms with Crippen LogP contribution < -0.4 is 14.8 Å². The zero-order chi connectivity index (χ0) is 14.7. The average molecular weight is 287 g/mol. The van der Waals surface area contributed by atoms with Gasteiger partial charge in [-0.05, 0) is 32.0 Å². The molecule has 0 fully saturated rings. The lowest BCUT2D eigenvalue weighted by Crippen LogP contribution is -2.13. The van der Waals surface area contributed by atoms with Gasteiger partial charge in [0.2, 0.25) is 0 Å². The molecule has 0 saturated heterocycles. The van der Waals surface area contributed by atoms with Gasteiger partial charge in [0.15, 0.2) is 0 Å². The smallest absolute Gasteiger partial charge is 0.124 e. The zero-order valence-corrected chi connectivity index (χ0v) is 12.5. The summed E-state index contributed by atoms with van der Waals surface area (Å²) in [6.45, 7) is 6.29. The predicted octanol–water partition coefficient (Wildman–Crippen LogP) is 3.29. The van der Waals surface area contributed by atoms with E-state index >= 15 is 0 Å². The number of fused-ring (bicyclic) bond motifs is 1. The number of rotatable bonds is 6. The topological polar surface area (TPSA) is 43.6 Å². The molecule has 1 N–H and O–H groups in total. The van der Waals surface area contributed by atoms with Crippen LogP contribution in [0, 0.1) is 0 Å². The molecule has 0 radical (unpaired) electrons. The van der Waals surface area contributed by atoms with E-state index in [1.54, 1.807) is 12.5 Å². The van der Waals surface area contributed by atoms with E-state index in [1.807, 2.05) is 13.0 Å². The fourth-order valence-electron chi connectivity index (χ4n) is 2.64. The van der Waals surface area contributed by atoms with Crippen LogP contribution in [-0.4, -0.2) is 12.7 Å². The van der Waals surface area contributed by atoms with Crippen LogP contribution in [0.15, 0.2) is 35.1 Å². The van der Waals surface area contributed by atoms with Gasteiger partial charge in [-0.2, -0.15) is 0 Å². The second kappa shape index (κ2) is 6.22. The maximum atomic E-state index is 5.83. The van der Waals surface area contributed by atoms with E-state index in [0.717, 1.165) is 42.1 Å². The first-order chi connectivity index (χ1) is 10.3. The van der Waals surface area contributed by atoms with Crippen LogP contribution in [0.1, 0.15) is 30.5 Å². The Hall–Kier alpha value is -1.94. The number of hydrogen-bond acceptors (Lipinski definition) is 4. The monoisotopic (exact) mass is 287 g/mol. The molecule has 2 heterocycles. The largest absolute Gasteiger partial charge is 0.494 e. The molecule has 1 aromatic carbocycles. The SMILES string of the molecule is CCOc1cc2c(cc1CNCc1ccoc1)OC(C)C2. The molecule has 1 aliphatic rings. The molecule has 1 atom stereocenters. The molecule has 0 saturated carbocycles. The maximum Gasteiger partial charge on any atom is 0.124 e. The Morgan fingerprint density at radius 3 is 3.00 bits per heavy atom. The van der Waals surface area contributed by atoms with E-state index in [9.17, 15) is 0 Å². The van der Waals surface area contributed by atoms with Gasteiger partial charge in [0.05, 0.1) is 19.1 Å². The van der Waals surface area contributed by atoms with Crippen molar-refractivity contribution in [1.82, 2.24) is 5.32 Å². The van der Waals surface area contributed by atoms with E-state index in [2.05, 4.69) is 24.4 Å². The van der Waals surface area contributed by atoms with Gasteiger partial charge in [-0.25, -0.2) is 0 Å². The minimum atomic E-state index is 0.253. The summed E-state index contributed by atoms with van der Waals surface area (Å²) in [6, 6.07) is 6.19. The predicted molar refractivity (Wildman–Crippen MR) is 80.7 cm³/mol. The van der Waals surface area contributed by atoms with Gasteiger partial charge in [-0.1, -0.05) is 0 Å². The second-order valence-electron chi connectivity index (χ2n) is 5.37. The first-order valence-corrected chi connectivity index (χ1v) is 7.43. The fourth-order valence-corrected chi connectivity index (χ4v) is 2.64. The highest BCUT2D eigenvalue weighted by atomic mass is 16.5. The Labute approximate surface area is 125 Å². The van der Waals surface area contributed by atoms with Crippen LogP contribution in [0.25, 0.3) is 0 Å². The molecule has 3 rings (SSSR count). The second-order valence-corrected chi connectivity index (χ2v) is 5.37. The highest BCUT2D eigenvalue weighted by Crippen LogP contribution is 2.35. The molecule has 0 bridgehead atoms. The minimum Gasteiger partial charge on any atom is -0.494 e. The van der Waals surface area contributed by atoms with E-state index in [1.165, 1.54) is 5.56 Å². The lowest BCUT2D eigenvalue weighted by Gasteiger charge is -2.13. The quantitative estimate of drug-likeness (QED) is 0.885. The van der Waals surface area contributed by atoms with Gasteiger partial charge in [0, 0.05) is 36.2 Å². The fraction of sp³-hybridized carbons (Fsp3) is 0.412. The van der Waals surface area contributed by atoms with Crippen molar-refractivity contribution in [3.63, 3.8) is 0 Å². The van der Waals surface area contributed by atoms with Crippen LogP contribution in [0.5, 0.6) is 11.5 Å². The van der Waals surface area contributed by atoms with Crippen LogP contribution in [0.4, 0.5) is 0 Å². The van der Waals surface area contributed by atoms with Gasteiger partial charge in [-0.15, -0.1) is 0 Å². The zero-order valence-electron chi connectivity index (χ0n) is 12.5. The highest BCUT2D eigenvalue weighted by molar-refractivity contribution is 5.48. The Morgan fingerprint density at radius 1 is 1.33 bits per heavy atom. The molecule has 112 valence electrons. The van der Waals surface area contributed by atoms with E-state index in [-0.39, 0.29) is 6.10 Å². The lowest BCUT2D eigenvalue weighted by molar-refractivity contribution is 0.254. The summed E-state index contributed by atoms with van der Waals surface area (Å²) in [5, 5.41) is 3.41. The molecular formula is C17H21NO3. The van der Waals surface area contributed by atoms with Crippen molar-refractivity contribution in [1.29, 1.82) is 0 Å². The minimum absolute atomic E-state index is 0.253. The Kier molecular flexibility index (Phi) is 4.15. The summed E-state index contributed by atoms with van der Waals surface area (Å²) in [6.07, 6.45) is 4.65. The van der Waals surface area contributed by atoms with Crippen LogP contribution in [-0.2, 0) is 19.5 Å². The molecule has 1 aromatic heterocycles. The Balaban J connectivity index is 1.72. The Morgan fingerprint density at radius 2 is 2.24 bits per heavy atom. The van der Waals surface area contributed by atoms with Gasteiger partial charge in [0.25, 0.3) is 0 Å². The lowest BCUT2D eigenvalue weighted by atomic mass is 10.1. The van der Waals surface area contributed by atoms with Gasteiger partial charge < -0.3 is 19.2 Å². The molecule has 21 heavy (non-hydrogen) atoms. The first-order valence-electron chi connectivity index (χ1n) is 7.43. The van der Waals surface area contributed by atoms with Crippen LogP contribution >= 0.6 is 0 Å².